The Labute approximate surface area is 105 Å². The third kappa shape index (κ3) is 3.65. The Hall–Kier alpha value is -1.72. The van der Waals surface area contributed by atoms with E-state index in [0.29, 0.717) is 0 Å². The summed E-state index contributed by atoms with van der Waals surface area (Å²) in [5, 5.41) is 9.64. The minimum Gasteiger partial charge on any atom is -0.467 e. The predicted molar refractivity (Wildman–Crippen MR) is 63.7 cm³/mol. The van der Waals surface area contributed by atoms with Gasteiger partial charge in [-0.2, -0.15) is 0 Å². The van der Waals surface area contributed by atoms with Crippen LogP contribution in [0.25, 0.3) is 0 Å². The minimum absolute atomic E-state index is 0.240. The van der Waals surface area contributed by atoms with Gasteiger partial charge in [0, 0.05) is 0 Å². The smallest absolute Gasteiger partial charge is 0.345 e. The van der Waals surface area contributed by atoms with Crippen LogP contribution in [-0.4, -0.2) is 36.2 Å². The first-order valence-electron chi connectivity index (χ1n) is 5.44. The molecule has 0 heterocycles. The summed E-state index contributed by atoms with van der Waals surface area (Å²) >= 11 is 0. The molecule has 0 amide bonds. The number of carbonyl (C=O) groups is 2. The van der Waals surface area contributed by atoms with Gasteiger partial charge in [-0.1, -0.05) is 30.3 Å². The molecule has 0 spiro atoms. The van der Waals surface area contributed by atoms with E-state index < -0.39 is 17.4 Å². The van der Waals surface area contributed by atoms with Crippen LogP contribution in [0.1, 0.15) is 12.5 Å². The molecule has 1 rings (SSSR count). The van der Waals surface area contributed by atoms with Gasteiger partial charge in [0.1, 0.15) is 6.61 Å². The molecule has 0 aliphatic heterocycles. The van der Waals surface area contributed by atoms with Crippen LogP contribution >= 0.6 is 0 Å². The van der Waals surface area contributed by atoms with E-state index in [1.165, 1.54) is 0 Å². The van der Waals surface area contributed by atoms with Crippen molar-refractivity contribution >= 4 is 11.8 Å². The third-order valence-electron chi connectivity index (χ3n) is 2.47. The topological polar surface area (TPSA) is 72.8 Å². The van der Waals surface area contributed by atoms with Crippen molar-refractivity contribution in [3.63, 3.8) is 0 Å². The van der Waals surface area contributed by atoms with Gasteiger partial charge >= 0.3 is 5.97 Å². The number of hydrogen-bond donors (Lipinski definition) is 1. The maximum absolute atomic E-state index is 11.6. The molecule has 1 aromatic rings. The van der Waals surface area contributed by atoms with Crippen molar-refractivity contribution in [1.82, 2.24) is 0 Å². The number of Topliss-reactive ketones (excluding diaryl/α,β-unsaturated/α-hetero) is 1. The molecule has 5 nitrogen and oxygen atoms in total. The van der Waals surface area contributed by atoms with Crippen molar-refractivity contribution in [1.29, 1.82) is 0 Å². The summed E-state index contributed by atoms with van der Waals surface area (Å²) in [6.45, 7) is 0.980. The van der Waals surface area contributed by atoms with Gasteiger partial charge in [0.15, 0.2) is 0 Å². The molecule has 0 aliphatic rings. The van der Waals surface area contributed by atoms with Crippen LogP contribution in [0.2, 0.25) is 0 Å². The Morgan fingerprint density at radius 2 is 1.89 bits per heavy atom. The van der Waals surface area contributed by atoms with Crippen LogP contribution in [-0.2, 0) is 25.7 Å². The second-order valence-corrected chi connectivity index (χ2v) is 3.97. The van der Waals surface area contributed by atoms with Gasteiger partial charge in [0.2, 0.25) is 11.4 Å². The van der Waals surface area contributed by atoms with Crippen molar-refractivity contribution in [2.24, 2.45) is 0 Å². The lowest BCUT2D eigenvalue weighted by Crippen LogP contribution is -2.46. The highest BCUT2D eigenvalue weighted by molar-refractivity contribution is 6.06. The second-order valence-electron chi connectivity index (χ2n) is 3.97. The van der Waals surface area contributed by atoms with Crippen LogP contribution < -0.4 is 0 Å². The van der Waals surface area contributed by atoms with Gasteiger partial charge < -0.3 is 14.6 Å². The standard InChI is InChI=1S/C13H16O5/c1-13(16,12(15)17-2)11(14)9-18-8-10-6-4-3-5-7-10/h3-7,16H,8-9H2,1-2H3. The Bertz CT molecular complexity index is 411. The highest BCUT2D eigenvalue weighted by Gasteiger charge is 2.39. The van der Waals surface area contributed by atoms with Crippen molar-refractivity contribution in [2.75, 3.05) is 13.7 Å². The minimum atomic E-state index is -2.16. The number of esters is 1. The quantitative estimate of drug-likeness (QED) is 0.596. The molecule has 0 bridgehead atoms. The van der Waals surface area contributed by atoms with E-state index in [0.717, 1.165) is 19.6 Å². The zero-order valence-corrected chi connectivity index (χ0v) is 10.4. The Morgan fingerprint density at radius 3 is 2.44 bits per heavy atom. The fourth-order valence-corrected chi connectivity index (χ4v) is 1.29. The zero-order valence-electron chi connectivity index (χ0n) is 10.4. The van der Waals surface area contributed by atoms with Gasteiger partial charge in [-0.3, -0.25) is 4.79 Å². The van der Waals surface area contributed by atoms with Crippen molar-refractivity contribution in [3.8, 4) is 0 Å². The van der Waals surface area contributed by atoms with Gasteiger partial charge in [0.25, 0.3) is 0 Å². The highest BCUT2D eigenvalue weighted by Crippen LogP contribution is 2.09. The second kappa shape index (κ2) is 6.28. The number of ketones is 1. The average molecular weight is 252 g/mol. The molecular weight excluding hydrogens is 236 g/mol. The molecule has 1 aromatic carbocycles. The van der Waals surface area contributed by atoms with Gasteiger partial charge in [-0.05, 0) is 12.5 Å². The summed E-state index contributed by atoms with van der Waals surface area (Å²) < 4.78 is 9.48. The summed E-state index contributed by atoms with van der Waals surface area (Å²) in [4.78, 5) is 22.7. The van der Waals surface area contributed by atoms with E-state index in [4.69, 9.17) is 4.74 Å². The van der Waals surface area contributed by atoms with E-state index in [1.54, 1.807) is 0 Å². The molecule has 0 fully saturated rings. The maximum Gasteiger partial charge on any atom is 0.345 e. The number of carbonyl (C=O) groups excluding carboxylic acids is 2. The van der Waals surface area contributed by atoms with Gasteiger partial charge in [-0.25, -0.2) is 4.79 Å². The number of hydrogen-bond acceptors (Lipinski definition) is 5. The van der Waals surface area contributed by atoms with Crippen molar-refractivity contribution in [3.05, 3.63) is 35.9 Å². The first kappa shape index (κ1) is 14.3. The summed E-state index contributed by atoms with van der Waals surface area (Å²) in [5.74, 6) is -1.72. The molecule has 98 valence electrons. The number of methoxy groups -OCH3 is 1. The molecule has 0 radical (unpaired) electrons. The Morgan fingerprint density at radius 1 is 1.28 bits per heavy atom. The summed E-state index contributed by atoms with van der Waals surface area (Å²) in [6.07, 6.45) is 0. The SMILES string of the molecule is COC(=O)C(C)(O)C(=O)COCc1ccccc1. The van der Waals surface area contributed by atoms with Gasteiger partial charge in [0.05, 0.1) is 13.7 Å². The lowest BCUT2D eigenvalue weighted by atomic mass is 10.0. The molecule has 0 aromatic heterocycles. The Balaban J connectivity index is 2.44. The lowest BCUT2D eigenvalue weighted by Gasteiger charge is -2.18. The molecule has 1 unspecified atom stereocenters. The summed E-state index contributed by atoms with van der Waals surface area (Å²) in [5.41, 5.74) is -1.26. The van der Waals surface area contributed by atoms with Crippen LogP contribution in [0.4, 0.5) is 0 Å². The number of benzene rings is 1. The average Bonchev–Trinajstić information content (AvgIpc) is 2.38. The van der Waals surface area contributed by atoms with Gasteiger partial charge in [-0.15, -0.1) is 0 Å². The Kier molecular flexibility index (Phi) is 5.00. The molecule has 0 saturated carbocycles. The molecule has 1 N–H and O–H groups in total. The summed E-state index contributed by atoms with van der Waals surface area (Å²) in [7, 11) is 1.11. The molecule has 0 saturated heterocycles. The normalized spacial score (nSPS) is 13.7. The predicted octanol–water partition coefficient (Wildman–Crippen LogP) is 0.696. The van der Waals surface area contributed by atoms with E-state index in [9.17, 15) is 14.7 Å². The number of aliphatic hydroxyl groups is 1. The first-order valence-corrected chi connectivity index (χ1v) is 5.44. The zero-order chi connectivity index (χ0) is 13.6. The van der Waals surface area contributed by atoms with Crippen LogP contribution in [0.15, 0.2) is 30.3 Å². The third-order valence-corrected chi connectivity index (χ3v) is 2.47. The fraction of sp³-hybridized carbons (Fsp3) is 0.385. The molecule has 18 heavy (non-hydrogen) atoms. The summed E-state index contributed by atoms with van der Waals surface area (Å²) in [6, 6.07) is 9.28. The monoisotopic (exact) mass is 252 g/mol. The number of rotatable bonds is 6. The van der Waals surface area contributed by atoms with Crippen LogP contribution in [0, 0.1) is 0 Å². The van der Waals surface area contributed by atoms with E-state index >= 15 is 0 Å². The lowest BCUT2D eigenvalue weighted by molar-refractivity contribution is -0.168. The van der Waals surface area contributed by atoms with E-state index in [2.05, 4.69) is 4.74 Å². The fourth-order valence-electron chi connectivity index (χ4n) is 1.29. The van der Waals surface area contributed by atoms with E-state index in [1.807, 2.05) is 30.3 Å². The highest BCUT2D eigenvalue weighted by atomic mass is 16.5. The van der Waals surface area contributed by atoms with E-state index in [-0.39, 0.29) is 13.2 Å². The number of ether oxygens (including phenoxy) is 2. The van der Waals surface area contributed by atoms with Crippen molar-refractivity contribution in [2.45, 2.75) is 19.1 Å². The molecule has 0 aliphatic carbocycles. The molecule has 5 heteroatoms. The van der Waals surface area contributed by atoms with Crippen molar-refractivity contribution < 1.29 is 24.2 Å². The first-order chi connectivity index (χ1) is 8.48. The maximum atomic E-state index is 11.6. The molecular formula is C13H16O5. The van der Waals surface area contributed by atoms with Crippen LogP contribution in [0.3, 0.4) is 0 Å². The molecule has 1 atom stereocenters. The van der Waals surface area contributed by atoms with Crippen LogP contribution in [0.5, 0.6) is 0 Å². The largest absolute Gasteiger partial charge is 0.467 e.